The van der Waals surface area contributed by atoms with Crippen LogP contribution in [0, 0.1) is 6.92 Å². The molecule has 0 fully saturated rings. The number of carbonyl (C=O) groups is 1. The highest BCUT2D eigenvalue weighted by molar-refractivity contribution is 5.86. The van der Waals surface area contributed by atoms with Crippen LogP contribution in [0.1, 0.15) is 21.9 Å². The standard InChI is InChI=1S/C15H13N3O3/c1-10-5-7-11(8-6-10)21-9-14-17-16-13-4-2-3-12(15(19)20)18(13)14/h2-8H,9H2,1H3,(H,19,20). The van der Waals surface area contributed by atoms with Gasteiger partial charge in [0.15, 0.2) is 11.5 Å². The van der Waals surface area contributed by atoms with Crippen molar-refractivity contribution in [2.24, 2.45) is 0 Å². The van der Waals surface area contributed by atoms with Crippen molar-refractivity contribution in [3.8, 4) is 5.75 Å². The monoisotopic (exact) mass is 283 g/mol. The zero-order chi connectivity index (χ0) is 14.8. The van der Waals surface area contributed by atoms with Crippen LogP contribution in [0.2, 0.25) is 0 Å². The number of carboxylic acid groups (broad SMARTS) is 1. The van der Waals surface area contributed by atoms with E-state index in [1.807, 2.05) is 31.2 Å². The number of ether oxygens (including phenoxy) is 1. The third-order valence-corrected chi connectivity index (χ3v) is 3.10. The molecule has 6 heteroatoms. The molecule has 0 aliphatic heterocycles. The van der Waals surface area contributed by atoms with E-state index in [1.165, 1.54) is 10.5 Å². The molecule has 0 bridgehead atoms. The van der Waals surface area contributed by atoms with Crippen LogP contribution in [0.5, 0.6) is 5.75 Å². The van der Waals surface area contributed by atoms with Crippen molar-refractivity contribution in [1.29, 1.82) is 0 Å². The Bertz CT molecular complexity index is 794. The summed E-state index contributed by atoms with van der Waals surface area (Å²) in [7, 11) is 0. The average Bonchev–Trinajstić information content (AvgIpc) is 2.90. The summed E-state index contributed by atoms with van der Waals surface area (Å²) in [4.78, 5) is 11.3. The lowest BCUT2D eigenvalue weighted by Gasteiger charge is -2.06. The molecular weight excluding hydrogens is 270 g/mol. The first-order valence-corrected chi connectivity index (χ1v) is 6.41. The van der Waals surface area contributed by atoms with Gasteiger partial charge in [-0.05, 0) is 31.2 Å². The first-order chi connectivity index (χ1) is 10.1. The molecule has 0 amide bonds. The van der Waals surface area contributed by atoms with Gasteiger partial charge in [-0.2, -0.15) is 0 Å². The van der Waals surface area contributed by atoms with E-state index >= 15 is 0 Å². The highest BCUT2D eigenvalue weighted by Crippen LogP contribution is 2.15. The topological polar surface area (TPSA) is 76.7 Å². The molecule has 3 aromatic rings. The van der Waals surface area contributed by atoms with Crippen molar-refractivity contribution >= 4 is 11.6 Å². The van der Waals surface area contributed by atoms with Crippen molar-refractivity contribution in [1.82, 2.24) is 14.6 Å². The Balaban J connectivity index is 1.90. The molecule has 1 N–H and O–H groups in total. The van der Waals surface area contributed by atoms with Gasteiger partial charge in [0.05, 0.1) is 0 Å². The van der Waals surface area contributed by atoms with Crippen LogP contribution >= 0.6 is 0 Å². The number of nitrogens with zero attached hydrogens (tertiary/aromatic N) is 3. The minimum Gasteiger partial charge on any atom is -0.486 e. The summed E-state index contributed by atoms with van der Waals surface area (Å²) in [5.74, 6) is 0.116. The van der Waals surface area contributed by atoms with Crippen LogP contribution in [0.3, 0.4) is 0 Å². The zero-order valence-corrected chi connectivity index (χ0v) is 11.4. The molecule has 0 unspecified atom stereocenters. The third kappa shape index (κ3) is 2.55. The molecule has 3 rings (SSSR count). The summed E-state index contributed by atoms with van der Waals surface area (Å²) in [5, 5.41) is 17.2. The summed E-state index contributed by atoms with van der Waals surface area (Å²) in [6.45, 7) is 2.14. The van der Waals surface area contributed by atoms with Gasteiger partial charge in [0, 0.05) is 0 Å². The Morgan fingerprint density at radius 2 is 1.95 bits per heavy atom. The predicted octanol–water partition coefficient (Wildman–Crippen LogP) is 2.31. The maximum absolute atomic E-state index is 11.3. The molecule has 0 saturated heterocycles. The molecule has 0 radical (unpaired) electrons. The first kappa shape index (κ1) is 13.1. The Morgan fingerprint density at radius 3 is 2.67 bits per heavy atom. The van der Waals surface area contributed by atoms with Crippen molar-refractivity contribution < 1.29 is 14.6 Å². The number of benzene rings is 1. The summed E-state index contributed by atoms with van der Waals surface area (Å²) >= 11 is 0. The average molecular weight is 283 g/mol. The fourth-order valence-corrected chi connectivity index (χ4v) is 2.04. The van der Waals surface area contributed by atoms with E-state index in [-0.39, 0.29) is 12.3 Å². The number of aromatic carboxylic acids is 1. The second-order valence-corrected chi connectivity index (χ2v) is 4.63. The molecule has 0 aliphatic carbocycles. The van der Waals surface area contributed by atoms with E-state index in [4.69, 9.17) is 4.74 Å². The first-order valence-electron chi connectivity index (χ1n) is 6.41. The number of hydrogen-bond acceptors (Lipinski definition) is 4. The van der Waals surface area contributed by atoms with Gasteiger partial charge in [-0.1, -0.05) is 23.8 Å². The minimum absolute atomic E-state index is 0.111. The Morgan fingerprint density at radius 1 is 1.19 bits per heavy atom. The minimum atomic E-state index is -1.03. The Kier molecular flexibility index (Phi) is 3.27. The number of aryl methyl sites for hydroxylation is 1. The molecule has 2 heterocycles. The molecule has 0 aliphatic rings. The molecule has 0 saturated carbocycles. The summed E-state index contributed by atoms with van der Waals surface area (Å²) in [6, 6.07) is 12.5. The van der Waals surface area contributed by atoms with Crippen LogP contribution < -0.4 is 4.74 Å². The predicted molar refractivity (Wildman–Crippen MR) is 75.5 cm³/mol. The van der Waals surface area contributed by atoms with Crippen LogP contribution in [-0.2, 0) is 6.61 Å². The van der Waals surface area contributed by atoms with E-state index in [1.54, 1.807) is 12.1 Å². The summed E-state index contributed by atoms with van der Waals surface area (Å²) in [5.41, 5.74) is 1.74. The maximum Gasteiger partial charge on any atom is 0.352 e. The van der Waals surface area contributed by atoms with Gasteiger partial charge in [-0.15, -0.1) is 10.2 Å². The molecule has 2 aromatic heterocycles. The Hall–Kier alpha value is -2.89. The Labute approximate surface area is 120 Å². The molecule has 0 atom stereocenters. The highest BCUT2D eigenvalue weighted by atomic mass is 16.5. The summed E-state index contributed by atoms with van der Waals surface area (Å²) < 4.78 is 7.11. The van der Waals surface area contributed by atoms with Crippen molar-refractivity contribution in [2.75, 3.05) is 0 Å². The molecular formula is C15H13N3O3. The molecule has 0 spiro atoms. The van der Waals surface area contributed by atoms with E-state index in [2.05, 4.69) is 10.2 Å². The van der Waals surface area contributed by atoms with Crippen LogP contribution in [-0.4, -0.2) is 25.7 Å². The van der Waals surface area contributed by atoms with E-state index in [0.29, 0.717) is 17.2 Å². The van der Waals surface area contributed by atoms with Crippen molar-refractivity contribution in [2.45, 2.75) is 13.5 Å². The van der Waals surface area contributed by atoms with Gasteiger partial charge in [-0.3, -0.25) is 4.40 Å². The molecule has 1 aromatic carbocycles. The van der Waals surface area contributed by atoms with Crippen molar-refractivity contribution in [3.05, 3.63) is 59.5 Å². The van der Waals surface area contributed by atoms with E-state index in [9.17, 15) is 9.90 Å². The summed E-state index contributed by atoms with van der Waals surface area (Å²) in [6.07, 6.45) is 0. The third-order valence-electron chi connectivity index (χ3n) is 3.10. The van der Waals surface area contributed by atoms with Gasteiger partial charge in [0.25, 0.3) is 0 Å². The zero-order valence-electron chi connectivity index (χ0n) is 11.4. The number of fused-ring (bicyclic) bond motifs is 1. The fraction of sp³-hybridized carbons (Fsp3) is 0.133. The SMILES string of the molecule is Cc1ccc(OCc2nnc3cccc(C(=O)O)n23)cc1. The number of pyridine rings is 1. The van der Waals surface area contributed by atoms with Crippen LogP contribution in [0.4, 0.5) is 0 Å². The van der Waals surface area contributed by atoms with Crippen LogP contribution in [0.25, 0.3) is 5.65 Å². The normalized spacial score (nSPS) is 10.7. The molecule has 21 heavy (non-hydrogen) atoms. The lowest BCUT2D eigenvalue weighted by molar-refractivity contribution is 0.0688. The van der Waals surface area contributed by atoms with Gasteiger partial charge < -0.3 is 9.84 Å². The lowest BCUT2D eigenvalue weighted by atomic mass is 10.2. The largest absolute Gasteiger partial charge is 0.486 e. The molecule has 6 nitrogen and oxygen atoms in total. The number of carboxylic acids is 1. The van der Waals surface area contributed by atoms with Crippen molar-refractivity contribution in [3.63, 3.8) is 0 Å². The smallest absolute Gasteiger partial charge is 0.352 e. The second kappa shape index (κ2) is 5.24. The molecule has 106 valence electrons. The second-order valence-electron chi connectivity index (χ2n) is 4.63. The number of aromatic nitrogens is 3. The number of rotatable bonds is 4. The number of hydrogen-bond donors (Lipinski definition) is 1. The van der Waals surface area contributed by atoms with E-state index < -0.39 is 5.97 Å². The van der Waals surface area contributed by atoms with Gasteiger partial charge >= 0.3 is 5.97 Å². The lowest BCUT2D eigenvalue weighted by Crippen LogP contribution is -2.09. The highest BCUT2D eigenvalue weighted by Gasteiger charge is 2.14. The van der Waals surface area contributed by atoms with E-state index in [0.717, 1.165) is 5.56 Å². The fourth-order valence-electron chi connectivity index (χ4n) is 2.04. The maximum atomic E-state index is 11.3. The van der Waals surface area contributed by atoms with Gasteiger partial charge in [0.1, 0.15) is 18.1 Å². The quantitative estimate of drug-likeness (QED) is 0.795. The van der Waals surface area contributed by atoms with Crippen LogP contribution in [0.15, 0.2) is 42.5 Å². The van der Waals surface area contributed by atoms with Gasteiger partial charge in [0.2, 0.25) is 0 Å². The van der Waals surface area contributed by atoms with Gasteiger partial charge in [-0.25, -0.2) is 4.79 Å².